The monoisotopic (exact) mass is 600 g/mol. The van der Waals surface area contributed by atoms with Crippen molar-refractivity contribution < 1.29 is 19.4 Å². The standard InChI is InChI=1S/C40H56O4/c1-25-17-22-40(35(42)43)24-23-37(5)29(34(40)26(25)2)14-16-33-38(37,6)21-19-32-36(3,4)20-18-28(39(32,33)7)30(41)15-13-27-11-9-10-12-31(27)44-8/h9-15,25-26,28,32-34H,16-24H2,1-8H3,(H,42,43)/b15-13+/t25-,26+,28?,32+,33+,34+,37-,38-,39+,40+/m1/s1. The largest absolute Gasteiger partial charge is 0.496 e. The smallest absolute Gasteiger partial charge is 0.310 e. The molecule has 10 atom stereocenters. The summed E-state index contributed by atoms with van der Waals surface area (Å²) in [6.07, 6.45) is 15.1. The molecule has 0 amide bonds. The summed E-state index contributed by atoms with van der Waals surface area (Å²) in [6.45, 7) is 17.1. The van der Waals surface area contributed by atoms with Crippen LogP contribution in [0, 0.1) is 62.6 Å². The number of ketones is 1. The Balaban J connectivity index is 1.43. The molecular formula is C40H56O4. The Hall–Kier alpha value is -2.36. The number of hydrogen-bond acceptors (Lipinski definition) is 3. The Kier molecular flexibility index (Phi) is 7.61. The molecule has 0 heterocycles. The van der Waals surface area contributed by atoms with Crippen LogP contribution in [0.5, 0.6) is 5.75 Å². The molecule has 6 rings (SSSR count). The Bertz CT molecular complexity index is 1390. The molecule has 4 heteroatoms. The molecule has 0 radical (unpaired) electrons. The topological polar surface area (TPSA) is 63.6 Å². The highest BCUT2D eigenvalue weighted by atomic mass is 16.5. The first-order valence-electron chi connectivity index (χ1n) is 17.5. The molecule has 4 saturated carbocycles. The van der Waals surface area contributed by atoms with Crippen LogP contribution < -0.4 is 4.74 Å². The second kappa shape index (κ2) is 10.6. The van der Waals surface area contributed by atoms with Gasteiger partial charge in [-0.15, -0.1) is 0 Å². The third-order valence-corrected chi connectivity index (χ3v) is 15.3. The number of para-hydroxylation sites is 1. The van der Waals surface area contributed by atoms with Crippen LogP contribution in [0.3, 0.4) is 0 Å². The predicted octanol–water partition coefficient (Wildman–Crippen LogP) is 9.64. The molecule has 44 heavy (non-hydrogen) atoms. The van der Waals surface area contributed by atoms with E-state index in [1.54, 1.807) is 7.11 Å². The number of carboxylic acids is 1. The van der Waals surface area contributed by atoms with Gasteiger partial charge in [-0.3, -0.25) is 9.59 Å². The number of methoxy groups -OCH3 is 1. The maximum absolute atomic E-state index is 14.4. The van der Waals surface area contributed by atoms with Crippen molar-refractivity contribution in [1.29, 1.82) is 0 Å². The van der Waals surface area contributed by atoms with Crippen LogP contribution in [0.2, 0.25) is 0 Å². The lowest BCUT2D eigenvalue weighted by molar-refractivity contribution is -0.205. The molecule has 240 valence electrons. The van der Waals surface area contributed by atoms with Crippen LogP contribution in [0.15, 0.2) is 42.0 Å². The third-order valence-electron chi connectivity index (χ3n) is 15.3. The SMILES string of the molecule is COc1ccccc1/C=C/C(=O)C1CCC(C)(C)[C@@H]2CC[C@]3(C)[C@H](CC=C4[C@@H]5[C@@H](C)[C@H](C)CC[C@]5(C(=O)O)CC[C@]43C)[C@@]12C. The summed E-state index contributed by atoms with van der Waals surface area (Å²) in [7, 11) is 1.68. The first-order valence-corrected chi connectivity index (χ1v) is 17.5. The Morgan fingerprint density at radius 1 is 0.909 bits per heavy atom. The van der Waals surface area contributed by atoms with Crippen molar-refractivity contribution in [3.8, 4) is 5.75 Å². The van der Waals surface area contributed by atoms with Gasteiger partial charge in [-0.05, 0) is 127 Å². The average molecular weight is 601 g/mol. The molecule has 4 fully saturated rings. The van der Waals surface area contributed by atoms with Crippen LogP contribution in [-0.2, 0) is 9.59 Å². The molecule has 0 aromatic heterocycles. The van der Waals surface area contributed by atoms with Crippen LogP contribution in [0.25, 0.3) is 6.08 Å². The van der Waals surface area contributed by atoms with Gasteiger partial charge in [-0.2, -0.15) is 0 Å². The number of carbonyl (C=O) groups is 2. The van der Waals surface area contributed by atoms with E-state index in [4.69, 9.17) is 4.74 Å². The van der Waals surface area contributed by atoms with E-state index >= 15 is 0 Å². The van der Waals surface area contributed by atoms with E-state index in [0.717, 1.165) is 69.1 Å². The molecule has 5 aliphatic carbocycles. The molecule has 0 aliphatic heterocycles. The lowest BCUT2D eigenvalue weighted by Gasteiger charge is -2.72. The summed E-state index contributed by atoms with van der Waals surface area (Å²) >= 11 is 0. The number of carboxylic acid groups (broad SMARTS) is 1. The second-order valence-electron chi connectivity index (χ2n) is 17.0. The summed E-state index contributed by atoms with van der Waals surface area (Å²) in [4.78, 5) is 27.4. The van der Waals surface area contributed by atoms with E-state index in [1.807, 2.05) is 36.4 Å². The lowest BCUT2D eigenvalue weighted by Crippen LogP contribution is -2.66. The second-order valence-corrected chi connectivity index (χ2v) is 17.0. The number of aliphatic carboxylic acids is 1. The van der Waals surface area contributed by atoms with E-state index in [9.17, 15) is 14.7 Å². The van der Waals surface area contributed by atoms with Gasteiger partial charge in [-0.25, -0.2) is 0 Å². The minimum atomic E-state index is -0.629. The van der Waals surface area contributed by atoms with Gasteiger partial charge in [0.05, 0.1) is 12.5 Å². The Morgan fingerprint density at radius 2 is 1.64 bits per heavy atom. The first-order chi connectivity index (χ1) is 20.7. The van der Waals surface area contributed by atoms with Crippen LogP contribution in [0.1, 0.15) is 112 Å². The number of ether oxygens (including phenoxy) is 1. The van der Waals surface area contributed by atoms with Crippen LogP contribution in [-0.4, -0.2) is 24.0 Å². The molecule has 5 aliphatic rings. The normalized spacial score (nSPS) is 44.4. The van der Waals surface area contributed by atoms with Crippen molar-refractivity contribution in [2.75, 3.05) is 7.11 Å². The van der Waals surface area contributed by atoms with Gasteiger partial charge in [0, 0.05) is 11.5 Å². The molecule has 0 spiro atoms. The summed E-state index contributed by atoms with van der Waals surface area (Å²) in [6, 6.07) is 7.91. The molecule has 1 N–H and O–H groups in total. The van der Waals surface area contributed by atoms with Crippen LogP contribution >= 0.6 is 0 Å². The number of fused-ring (bicyclic) bond motifs is 7. The molecule has 1 aromatic carbocycles. The zero-order valence-corrected chi connectivity index (χ0v) is 28.5. The van der Waals surface area contributed by atoms with E-state index in [1.165, 1.54) is 5.57 Å². The number of hydrogen-bond donors (Lipinski definition) is 1. The van der Waals surface area contributed by atoms with E-state index in [0.29, 0.717) is 23.7 Å². The third kappa shape index (κ3) is 4.20. The van der Waals surface area contributed by atoms with Gasteiger partial charge in [0.15, 0.2) is 5.78 Å². The molecule has 1 aromatic rings. The van der Waals surface area contributed by atoms with Crippen molar-refractivity contribution >= 4 is 17.8 Å². The van der Waals surface area contributed by atoms with Crippen molar-refractivity contribution in [3.63, 3.8) is 0 Å². The molecule has 4 nitrogen and oxygen atoms in total. The van der Waals surface area contributed by atoms with Gasteiger partial charge in [0.1, 0.15) is 5.75 Å². The molecule has 1 unspecified atom stereocenters. The van der Waals surface area contributed by atoms with E-state index in [2.05, 4.69) is 54.5 Å². The quantitative estimate of drug-likeness (QED) is 0.270. The number of carbonyl (C=O) groups excluding carboxylic acids is 1. The maximum Gasteiger partial charge on any atom is 0.310 e. The number of benzene rings is 1. The molecule has 0 saturated heterocycles. The fourth-order valence-corrected chi connectivity index (χ4v) is 12.4. The van der Waals surface area contributed by atoms with Crippen molar-refractivity contribution in [2.24, 2.45) is 62.6 Å². The van der Waals surface area contributed by atoms with Gasteiger partial charge >= 0.3 is 5.97 Å². The Labute approximate surface area is 266 Å². The van der Waals surface area contributed by atoms with E-state index in [-0.39, 0.29) is 39.3 Å². The fraction of sp³-hybridized carbons (Fsp3) is 0.700. The zero-order valence-electron chi connectivity index (χ0n) is 28.5. The van der Waals surface area contributed by atoms with Gasteiger partial charge < -0.3 is 9.84 Å². The predicted molar refractivity (Wildman–Crippen MR) is 177 cm³/mol. The van der Waals surface area contributed by atoms with Crippen molar-refractivity contribution in [2.45, 2.75) is 106 Å². The summed E-state index contributed by atoms with van der Waals surface area (Å²) in [5.41, 5.74) is 1.79. The average Bonchev–Trinajstić information content (AvgIpc) is 2.97. The van der Waals surface area contributed by atoms with E-state index < -0.39 is 11.4 Å². The highest BCUT2D eigenvalue weighted by Gasteiger charge is 2.70. The first kappa shape index (κ1) is 31.6. The zero-order chi connectivity index (χ0) is 31.9. The fourth-order valence-electron chi connectivity index (χ4n) is 12.4. The van der Waals surface area contributed by atoms with Crippen molar-refractivity contribution in [1.82, 2.24) is 0 Å². The van der Waals surface area contributed by atoms with Crippen LogP contribution in [0.4, 0.5) is 0 Å². The summed E-state index contributed by atoms with van der Waals surface area (Å²) < 4.78 is 5.57. The molecular weight excluding hydrogens is 544 g/mol. The highest BCUT2D eigenvalue weighted by molar-refractivity contribution is 5.96. The maximum atomic E-state index is 14.4. The number of allylic oxidation sites excluding steroid dienone is 3. The van der Waals surface area contributed by atoms with Crippen molar-refractivity contribution in [3.05, 3.63) is 47.6 Å². The minimum Gasteiger partial charge on any atom is -0.496 e. The van der Waals surface area contributed by atoms with Gasteiger partial charge in [-0.1, -0.05) is 78.3 Å². The summed E-state index contributed by atoms with van der Waals surface area (Å²) in [5, 5.41) is 10.7. The van der Waals surface area contributed by atoms with Gasteiger partial charge in [0.25, 0.3) is 0 Å². The molecule has 0 bridgehead atoms. The minimum absolute atomic E-state index is 0.0196. The van der Waals surface area contributed by atoms with Gasteiger partial charge in [0.2, 0.25) is 0 Å². The summed E-state index contributed by atoms with van der Waals surface area (Å²) in [5.74, 6) is 2.30. The number of rotatable bonds is 5. The highest BCUT2D eigenvalue weighted by Crippen LogP contribution is 2.76. The lowest BCUT2D eigenvalue weighted by atomic mass is 9.32. The Morgan fingerprint density at radius 3 is 2.34 bits per heavy atom.